The van der Waals surface area contributed by atoms with E-state index in [2.05, 4.69) is 10.1 Å². The van der Waals surface area contributed by atoms with E-state index in [0.29, 0.717) is 35.6 Å². The van der Waals surface area contributed by atoms with E-state index in [1.165, 1.54) is 0 Å². The lowest BCUT2D eigenvalue weighted by atomic mass is 10.1. The number of nitrogens with two attached hydrogens (primary N) is 1. The Labute approximate surface area is 105 Å². The standard InChI is InChI=1S/C12H14ClN3O/c1-8(7-14)6-11-15-12(16-17-11)9-4-2-3-5-10(9)13/h2-5,8H,6-7,14H2,1H3. The molecular formula is C12H14ClN3O. The Balaban J connectivity index is 2.21. The summed E-state index contributed by atoms with van der Waals surface area (Å²) in [5, 5.41) is 4.54. The first-order valence-electron chi connectivity index (χ1n) is 5.48. The van der Waals surface area contributed by atoms with Crippen LogP contribution in [0.3, 0.4) is 0 Å². The Bertz CT molecular complexity index is 498. The van der Waals surface area contributed by atoms with Gasteiger partial charge in [0, 0.05) is 12.0 Å². The highest BCUT2D eigenvalue weighted by Crippen LogP contribution is 2.25. The average molecular weight is 252 g/mol. The molecule has 0 spiro atoms. The highest BCUT2D eigenvalue weighted by atomic mass is 35.5. The molecule has 2 rings (SSSR count). The number of hydrogen-bond donors (Lipinski definition) is 1. The van der Waals surface area contributed by atoms with Crippen LogP contribution >= 0.6 is 11.6 Å². The monoisotopic (exact) mass is 251 g/mol. The van der Waals surface area contributed by atoms with Gasteiger partial charge in [0.25, 0.3) is 0 Å². The smallest absolute Gasteiger partial charge is 0.227 e. The third-order valence-electron chi connectivity index (χ3n) is 2.51. The van der Waals surface area contributed by atoms with Gasteiger partial charge in [0.2, 0.25) is 11.7 Å². The van der Waals surface area contributed by atoms with Crippen molar-refractivity contribution in [3.05, 3.63) is 35.2 Å². The van der Waals surface area contributed by atoms with Crippen molar-refractivity contribution in [2.24, 2.45) is 11.7 Å². The summed E-state index contributed by atoms with van der Waals surface area (Å²) in [7, 11) is 0. The first-order valence-corrected chi connectivity index (χ1v) is 5.86. The van der Waals surface area contributed by atoms with Crippen LogP contribution in [0, 0.1) is 5.92 Å². The minimum absolute atomic E-state index is 0.328. The molecule has 0 aliphatic rings. The van der Waals surface area contributed by atoms with Gasteiger partial charge in [-0.05, 0) is 24.6 Å². The van der Waals surface area contributed by atoms with Gasteiger partial charge in [0.1, 0.15) is 0 Å². The summed E-state index contributed by atoms with van der Waals surface area (Å²) in [6.45, 7) is 2.64. The molecule has 1 unspecified atom stereocenters. The predicted octanol–water partition coefficient (Wildman–Crippen LogP) is 2.53. The molecule has 0 saturated carbocycles. The SMILES string of the molecule is CC(CN)Cc1nc(-c2ccccc2Cl)no1. The maximum Gasteiger partial charge on any atom is 0.227 e. The van der Waals surface area contributed by atoms with Gasteiger partial charge in [-0.25, -0.2) is 0 Å². The zero-order valence-electron chi connectivity index (χ0n) is 9.56. The lowest BCUT2D eigenvalue weighted by Gasteiger charge is -2.02. The van der Waals surface area contributed by atoms with Gasteiger partial charge < -0.3 is 10.3 Å². The molecule has 0 amide bonds. The van der Waals surface area contributed by atoms with Crippen LogP contribution in [-0.4, -0.2) is 16.7 Å². The van der Waals surface area contributed by atoms with Crippen molar-refractivity contribution >= 4 is 11.6 Å². The number of rotatable bonds is 4. The minimum atomic E-state index is 0.328. The lowest BCUT2D eigenvalue weighted by molar-refractivity contribution is 0.360. The topological polar surface area (TPSA) is 64.9 Å². The summed E-state index contributed by atoms with van der Waals surface area (Å²) in [6.07, 6.45) is 0.688. The molecule has 2 N–H and O–H groups in total. The van der Waals surface area contributed by atoms with E-state index in [1.54, 1.807) is 6.07 Å². The van der Waals surface area contributed by atoms with Gasteiger partial charge in [0.15, 0.2) is 0 Å². The first-order chi connectivity index (χ1) is 8.20. The predicted molar refractivity (Wildman–Crippen MR) is 66.7 cm³/mol. The Hall–Kier alpha value is -1.39. The van der Waals surface area contributed by atoms with Crippen LogP contribution in [0.15, 0.2) is 28.8 Å². The molecule has 0 saturated heterocycles. The molecule has 0 radical (unpaired) electrons. The highest BCUT2D eigenvalue weighted by Gasteiger charge is 2.12. The minimum Gasteiger partial charge on any atom is -0.339 e. The molecule has 17 heavy (non-hydrogen) atoms. The molecule has 5 heteroatoms. The fraction of sp³-hybridized carbons (Fsp3) is 0.333. The van der Waals surface area contributed by atoms with Crippen molar-refractivity contribution in [3.8, 4) is 11.4 Å². The molecule has 1 atom stereocenters. The number of nitrogens with zero attached hydrogens (tertiary/aromatic N) is 2. The number of hydrogen-bond acceptors (Lipinski definition) is 4. The van der Waals surface area contributed by atoms with Crippen molar-refractivity contribution in [2.45, 2.75) is 13.3 Å². The van der Waals surface area contributed by atoms with E-state index in [4.69, 9.17) is 21.9 Å². The van der Waals surface area contributed by atoms with Crippen LogP contribution in [0.2, 0.25) is 5.02 Å². The molecule has 0 aliphatic carbocycles. The van der Waals surface area contributed by atoms with Gasteiger partial charge in [-0.2, -0.15) is 4.98 Å². The number of benzene rings is 1. The largest absolute Gasteiger partial charge is 0.339 e. The summed E-state index contributed by atoms with van der Waals surface area (Å²) in [5.41, 5.74) is 6.33. The van der Waals surface area contributed by atoms with Crippen LogP contribution in [0.1, 0.15) is 12.8 Å². The Morgan fingerprint density at radius 3 is 2.88 bits per heavy atom. The van der Waals surface area contributed by atoms with Crippen LogP contribution in [0.4, 0.5) is 0 Å². The van der Waals surface area contributed by atoms with Gasteiger partial charge in [0.05, 0.1) is 5.02 Å². The Morgan fingerprint density at radius 2 is 2.18 bits per heavy atom. The maximum atomic E-state index is 6.06. The van der Waals surface area contributed by atoms with Gasteiger partial charge in [-0.15, -0.1) is 0 Å². The normalized spacial score (nSPS) is 12.6. The third-order valence-corrected chi connectivity index (χ3v) is 2.84. The summed E-state index contributed by atoms with van der Waals surface area (Å²) >= 11 is 6.06. The molecule has 4 nitrogen and oxygen atoms in total. The second kappa shape index (κ2) is 5.29. The summed E-state index contributed by atoms with van der Waals surface area (Å²) in [6, 6.07) is 7.42. The summed E-state index contributed by atoms with van der Waals surface area (Å²) < 4.78 is 5.17. The van der Waals surface area contributed by atoms with E-state index in [9.17, 15) is 0 Å². The van der Waals surface area contributed by atoms with Crippen LogP contribution in [0.5, 0.6) is 0 Å². The van der Waals surface area contributed by atoms with Crippen molar-refractivity contribution in [1.29, 1.82) is 0 Å². The Kier molecular flexibility index (Phi) is 3.76. The zero-order valence-corrected chi connectivity index (χ0v) is 10.3. The molecule has 0 bridgehead atoms. The first kappa shape index (κ1) is 12.1. The molecule has 90 valence electrons. The lowest BCUT2D eigenvalue weighted by Crippen LogP contribution is -2.13. The van der Waals surface area contributed by atoms with Crippen molar-refractivity contribution in [1.82, 2.24) is 10.1 Å². The fourth-order valence-corrected chi connectivity index (χ4v) is 1.69. The second-order valence-electron chi connectivity index (χ2n) is 4.04. The summed E-state index contributed by atoms with van der Waals surface area (Å²) in [5.74, 6) is 1.45. The van der Waals surface area contributed by atoms with E-state index < -0.39 is 0 Å². The van der Waals surface area contributed by atoms with E-state index in [0.717, 1.165) is 5.56 Å². The van der Waals surface area contributed by atoms with Crippen LogP contribution < -0.4 is 5.73 Å². The van der Waals surface area contributed by atoms with E-state index in [1.807, 2.05) is 25.1 Å². The fourth-order valence-electron chi connectivity index (χ4n) is 1.47. The highest BCUT2D eigenvalue weighted by molar-refractivity contribution is 6.33. The number of aromatic nitrogens is 2. The van der Waals surface area contributed by atoms with Crippen LogP contribution in [0.25, 0.3) is 11.4 Å². The van der Waals surface area contributed by atoms with E-state index >= 15 is 0 Å². The molecule has 1 aromatic heterocycles. The van der Waals surface area contributed by atoms with Crippen LogP contribution in [-0.2, 0) is 6.42 Å². The van der Waals surface area contributed by atoms with Gasteiger partial charge >= 0.3 is 0 Å². The zero-order chi connectivity index (χ0) is 12.3. The maximum absolute atomic E-state index is 6.06. The molecule has 0 fully saturated rings. The van der Waals surface area contributed by atoms with Crippen molar-refractivity contribution < 1.29 is 4.52 Å². The quantitative estimate of drug-likeness (QED) is 0.907. The van der Waals surface area contributed by atoms with Crippen molar-refractivity contribution in [3.63, 3.8) is 0 Å². The molecule has 1 heterocycles. The molecule has 0 aliphatic heterocycles. The second-order valence-corrected chi connectivity index (χ2v) is 4.44. The van der Waals surface area contributed by atoms with Crippen molar-refractivity contribution in [2.75, 3.05) is 6.54 Å². The molecule has 2 aromatic rings. The summed E-state index contributed by atoms with van der Waals surface area (Å²) in [4.78, 5) is 4.31. The third kappa shape index (κ3) is 2.84. The van der Waals surface area contributed by atoms with E-state index in [-0.39, 0.29) is 0 Å². The molecule has 1 aromatic carbocycles. The Morgan fingerprint density at radius 1 is 1.41 bits per heavy atom. The average Bonchev–Trinajstić information content (AvgIpc) is 2.78. The van der Waals surface area contributed by atoms with Gasteiger partial charge in [-0.3, -0.25) is 0 Å². The van der Waals surface area contributed by atoms with Gasteiger partial charge in [-0.1, -0.05) is 35.8 Å². The number of halogens is 1. The molecular weight excluding hydrogens is 238 g/mol.